The first-order chi connectivity index (χ1) is 52.9. The zero-order valence-corrected chi connectivity index (χ0v) is 71.8. The van der Waals surface area contributed by atoms with Crippen molar-refractivity contribution in [3.63, 3.8) is 0 Å². The molecule has 0 bridgehead atoms. The fraction of sp³-hybridized carbons (Fsp3) is 0.170. The number of aromatic nitrogens is 4. The number of carbonyl (C=O) groups is 1. The van der Waals surface area contributed by atoms with Crippen LogP contribution in [0.5, 0.6) is 0 Å². The van der Waals surface area contributed by atoms with Gasteiger partial charge in [0.05, 0.1) is 5.76 Å². The van der Waals surface area contributed by atoms with Gasteiger partial charge < -0.3 is 25.0 Å². The smallest absolute Gasteiger partial charge is 0.0160 e. The Labute approximate surface area is 696 Å². The van der Waals surface area contributed by atoms with Crippen molar-refractivity contribution in [1.82, 2.24) is 19.9 Å². The average molecular weight is 2020 g/mol. The standard InChI is InChI=1S/3C28H22N.C11H8N.C5H8O2.2ClH.3Ir/c3*1-18-6-10-23-24-11-7-19(2)14-26(24)28(25(23)13-18)16-21-9-8-20(15-22(21)17-28)27-5-3-4-12-29-27;1-2-6-10(7-3-1)11-8-4-5-9-12-11;1-4(6)3-5(2)7;;;;;/h3*3-7,9-15H,16-17H2,1-2H3;1-6,8-9H;3,6H,1-2H3;2*1H;;;/q4*-1;;;;;;+3/p-2. The molecule has 20 rings (SSSR count). The minimum Gasteiger partial charge on any atom is -0.305 e. The molecule has 11 heteroatoms. The van der Waals surface area contributed by atoms with Gasteiger partial charge in [0.15, 0.2) is 5.78 Å². The van der Waals surface area contributed by atoms with Crippen molar-refractivity contribution in [2.75, 3.05) is 0 Å². The van der Waals surface area contributed by atoms with Crippen LogP contribution in [0, 0.1) is 65.8 Å². The molecule has 0 saturated heterocycles. The first-order valence-electron chi connectivity index (χ1n) is 37.1. The van der Waals surface area contributed by atoms with E-state index < -0.39 is 15.7 Å². The quantitative estimate of drug-likeness (QED) is 0.105. The number of aliphatic hydroxyl groups excluding tert-OH is 1. The minimum atomic E-state index is -0.556. The number of ketones is 1. The third-order valence-corrected chi connectivity index (χ3v) is 22.3. The molecule has 6 aliphatic carbocycles. The van der Waals surface area contributed by atoms with Gasteiger partial charge in [-0.3, -0.25) is 4.79 Å². The van der Waals surface area contributed by atoms with Crippen molar-refractivity contribution in [3.8, 4) is 78.4 Å². The summed E-state index contributed by atoms with van der Waals surface area (Å²) in [5.41, 5.74) is 42.4. The molecule has 0 unspecified atom stereocenters. The average Bonchev–Trinajstić information content (AvgIpc) is 1.56. The molecule has 4 aromatic heterocycles. The number of hydrogen-bond acceptors (Lipinski definition) is 6. The van der Waals surface area contributed by atoms with Gasteiger partial charge in [-0.1, -0.05) is 191 Å². The van der Waals surface area contributed by atoms with Crippen LogP contribution in [-0.4, -0.2) is 30.8 Å². The van der Waals surface area contributed by atoms with Crippen LogP contribution in [0.1, 0.15) is 114 Å². The number of allylic oxidation sites excluding steroid dienone is 2. The molecule has 1 N–H and O–H groups in total. The molecule has 0 saturated carbocycles. The fourth-order valence-electron chi connectivity index (χ4n) is 17.5. The predicted molar refractivity (Wildman–Crippen MR) is 441 cm³/mol. The molecule has 111 heavy (non-hydrogen) atoms. The minimum absolute atomic E-state index is 0. The van der Waals surface area contributed by atoms with Crippen LogP contribution >= 0.6 is 19.2 Å². The topological polar surface area (TPSA) is 88.9 Å². The third kappa shape index (κ3) is 16.2. The Balaban J connectivity index is 0.000000128. The Bertz CT molecular complexity index is 5100. The Kier molecular flexibility index (Phi) is 24.6. The molecular formula is C100H82Cl2Ir3N4O2-3. The van der Waals surface area contributed by atoms with Gasteiger partial charge in [-0.05, 0) is 208 Å². The molecule has 0 fully saturated rings. The summed E-state index contributed by atoms with van der Waals surface area (Å²) in [5.74, 6) is -0.0625. The van der Waals surface area contributed by atoms with E-state index in [0.29, 0.717) is 0 Å². The van der Waals surface area contributed by atoms with E-state index in [1.807, 2.05) is 97.5 Å². The van der Waals surface area contributed by atoms with Gasteiger partial charge in [0.1, 0.15) is 0 Å². The van der Waals surface area contributed by atoms with Crippen LogP contribution in [-0.2, 0) is 115 Å². The fourth-order valence-corrected chi connectivity index (χ4v) is 17.5. The van der Waals surface area contributed by atoms with Crippen LogP contribution in [0.2, 0.25) is 0 Å². The molecule has 0 aliphatic heterocycles. The van der Waals surface area contributed by atoms with Crippen LogP contribution < -0.4 is 0 Å². The summed E-state index contributed by atoms with van der Waals surface area (Å²) >= 11 is -0.556. The van der Waals surface area contributed by atoms with E-state index in [4.69, 9.17) is 24.3 Å². The van der Waals surface area contributed by atoms with Gasteiger partial charge >= 0.3 is 34.8 Å². The predicted octanol–water partition coefficient (Wildman–Crippen LogP) is 23.7. The second-order valence-electron chi connectivity index (χ2n) is 29.9. The molecule has 6 aliphatic rings. The summed E-state index contributed by atoms with van der Waals surface area (Å²) < 4.78 is 0. The summed E-state index contributed by atoms with van der Waals surface area (Å²) in [7, 11) is 9.78. The number of hydrogen-bond donors (Lipinski definition) is 1. The van der Waals surface area contributed by atoms with Gasteiger partial charge in [0.25, 0.3) is 0 Å². The van der Waals surface area contributed by atoms with Gasteiger partial charge in [0, 0.05) is 87.3 Å². The summed E-state index contributed by atoms with van der Waals surface area (Å²) in [6, 6.07) is 101. The summed E-state index contributed by atoms with van der Waals surface area (Å²) in [4.78, 5) is 27.8. The Morgan fingerprint density at radius 2 is 0.604 bits per heavy atom. The van der Waals surface area contributed by atoms with Crippen molar-refractivity contribution in [2.45, 2.75) is 110 Å². The summed E-state index contributed by atoms with van der Waals surface area (Å²) in [6.45, 7) is 16.1. The number of aliphatic hydroxyl groups is 1. The summed E-state index contributed by atoms with van der Waals surface area (Å²) in [6.07, 6.45) is 14.8. The molecule has 14 aromatic rings. The zero-order chi connectivity index (χ0) is 75.6. The number of halogens is 2. The molecule has 0 atom stereocenters. The van der Waals surface area contributed by atoms with Crippen LogP contribution in [0.4, 0.5) is 0 Å². The van der Waals surface area contributed by atoms with Crippen molar-refractivity contribution in [2.24, 2.45) is 0 Å². The van der Waals surface area contributed by atoms with Crippen LogP contribution in [0.15, 0.2) is 279 Å². The van der Waals surface area contributed by atoms with Gasteiger partial charge in [-0.25, -0.2) is 0 Å². The number of nitrogens with zero attached hydrogens (tertiary/aromatic N) is 4. The normalized spacial score (nSPS) is 13.9. The van der Waals surface area contributed by atoms with Crippen molar-refractivity contribution in [1.29, 1.82) is 0 Å². The Hall–Kier alpha value is -9.46. The first-order valence-corrected chi connectivity index (χ1v) is 43.0. The monoisotopic (exact) mass is 2020 g/mol. The van der Waals surface area contributed by atoms with E-state index in [1.165, 1.54) is 153 Å². The van der Waals surface area contributed by atoms with Gasteiger partial charge in [-0.2, -0.15) is 0 Å². The maximum Gasteiger partial charge on any atom is 0.0160 e. The maximum absolute atomic E-state index is 10.0. The van der Waals surface area contributed by atoms with Crippen LogP contribution in [0.3, 0.4) is 0 Å². The van der Waals surface area contributed by atoms with E-state index >= 15 is 0 Å². The molecule has 0 amide bonds. The molecule has 558 valence electrons. The van der Waals surface area contributed by atoms with E-state index in [1.54, 1.807) is 6.20 Å². The summed E-state index contributed by atoms with van der Waals surface area (Å²) in [5, 5.41) is 8.36. The SMILES string of the molecule is CC(=O)C=C(C)O.Cc1ccc2c(c1)C1(Cc3c[c-]c(-c4ccccn4)cc3C1)c1cc(C)ccc1-2.Cc1ccc2c(c1)C1(Cc3c[c-]c(-c4ccccn4)cc3C1)c1cc(C)ccc1-2.Cc1ccc2c(c1)C1(Cc3c[c-]c(-c4ccccn4)cc3C1)c1cc(C)ccc1-2.[Cl][Ir+][Cl].[Ir].[Ir].[c-]1ccccc1-c1ccccn1. The van der Waals surface area contributed by atoms with E-state index in [0.717, 1.165) is 83.6 Å². The number of aryl methyl sites for hydroxylation is 6. The van der Waals surface area contributed by atoms with Crippen LogP contribution in [0.25, 0.3) is 78.4 Å². The second-order valence-corrected chi connectivity index (χ2v) is 33.3. The molecule has 4 heterocycles. The van der Waals surface area contributed by atoms with Crippen molar-refractivity contribution < 1.29 is 65.8 Å². The number of carbonyl (C=O) groups excluding carboxylic acids is 1. The largest absolute Gasteiger partial charge is 0.305 e. The molecule has 2 radical (unpaired) electrons. The first kappa shape index (κ1) is 79.6. The number of benzene rings is 10. The number of fused-ring (bicyclic) bond motifs is 18. The van der Waals surface area contributed by atoms with Gasteiger partial charge in [-0.15, -0.1) is 141 Å². The molecule has 3 spiro atoms. The van der Waals surface area contributed by atoms with E-state index in [2.05, 4.69) is 250 Å². The zero-order valence-electron chi connectivity index (χ0n) is 63.1. The Morgan fingerprint density at radius 3 is 0.820 bits per heavy atom. The molecule has 10 aromatic carbocycles. The number of pyridine rings is 4. The van der Waals surface area contributed by atoms with Crippen molar-refractivity contribution >= 4 is 25.0 Å². The van der Waals surface area contributed by atoms with E-state index in [9.17, 15) is 4.79 Å². The maximum atomic E-state index is 10.0. The number of rotatable bonds is 5. The molecular weight excluding hydrogens is 1940 g/mol. The van der Waals surface area contributed by atoms with Crippen molar-refractivity contribution in [3.05, 3.63) is 404 Å². The molecule has 6 nitrogen and oxygen atoms in total. The van der Waals surface area contributed by atoms with Gasteiger partial charge in [0.2, 0.25) is 0 Å². The Morgan fingerprint density at radius 1 is 0.351 bits per heavy atom. The van der Waals surface area contributed by atoms with E-state index in [-0.39, 0.29) is 68.0 Å². The third-order valence-electron chi connectivity index (χ3n) is 22.3. The second kappa shape index (κ2) is 34.3.